The largest absolute Gasteiger partial charge is 0.494 e. The van der Waals surface area contributed by atoms with Crippen LogP contribution in [0.15, 0.2) is 61.1 Å². The van der Waals surface area contributed by atoms with Crippen LogP contribution >= 0.6 is 12.2 Å². The number of pyridine rings is 1. The summed E-state index contributed by atoms with van der Waals surface area (Å²) < 4.78 is 8.06. The summed E-state index contributed by atoms with van der Waals surface area (Å²) in [7, 11) is 1.61. The lowest BCUT2D eigenvalue weighted by Crippen LogP contribution is -2.30. The first kappa shape index (κ1) is 25.3. The molecule has 2 fully saturated rings. The van der Waals surface area contributed by atoms with Crippen molar-refractivity contribution in [1.29, 1.82) is 0 Å². The minimum atomic E-state index is -0.516. The van der Waals surface area contributed by atoms with Crippen LogP contribution in [0.3, 0.4) is 0 Å². The van der Waals surface area contributed by atoms with Crippen molar-refractivity contribution in [3.8, 4) is 5.75 Å². The third-order valence-corrected chi connectivity index (χ3v) is 7.63. The Morgan fingerprint density at radius 2 is 1.95 bits per heavy atom. The van der Waals surface area contributed by atoms with Crippen molar-refractivity contribution in [3.05, 3.63) is 72.3 Å². The third kappa shape index (κ3) is 5.07. The van der Waals surface area contributed by atoms with Crippen LogP contribution in [0, 0.1) is 5.41 Å². The monoisotopic (exact) mass is 517 g/mol. The predicted octanol–water partition coefficient (Wildman–Crippen LogP) is 6.17. The number of carbonyl (C=O) groups excluding carboxylic acids is 1. The summed E-state index contributed by atoms with van der Waals surface area (Å²) >= 11 is 5.89. The SMILES string of the molecule is COc1cc(N2C(=S)N[C@H](c3ccccn3)[C@@H]2c2ccn(C3CCCC3)c2)ccc1NC(=O)C(C)(C)C. The lowest BCUT2D eigenvalue weighted by Gasteiger charge is -2.28. The van der Waals surface area contributed by atoms with E-state index in [9.17, 15) is 4.79 Å². The van der Waals surface area contributed by atoms with E-state index in [0.29, 0.717) is 22.6 Å². The Balaban J connectivity index is 1.53. The van der Waals surface area contributed by atoms with E-state index in [4.69, 9.17) is 17.0 Å². The molecule has 3 aromatic rings. The molecule has 2 N–H and O–H groups in total. The fourth-order valence-electron chi connectivity index (χ4n) is 5.25. The van der Waals surface area contributed by atoms with Gasteiger partial charge in [0, 0.05) is 41.8 Å². The van der Waals surface area contributed by atoms with Gasteiger partial charge >= 0.3 is 0 Å². The minimum absolute atomic E-state index is 0.0711. The second-order valence-electron chi connectivity index (χ2n) is 10.9. The van der Waals surface area contributed by atoms with Crippen molar-refractivity contribution in [2.24, 2.45) is 5.41 Å². The van der Waals surface area contributed by atoms with E-state index < -0.39 is 5.41 Å². The fourth-order valence-corrected chi connectivity index (χ4v) is 5.60. The van der Waals surface area contributed by atoms with Gasteiger partial charge in [-0.3, -0.25) is 9.78 Å². The topological polar surface area (TPSA) is 71.4 Å². The van der Waals surface area contributed by atoms with Crippen LogP contribution in [0.2, 0.25) is 0 Å². The lowest BCUT2D eigenvalue weighted by atomic mass is 9.95. The van der Waals surface area contributed by atoms with Crippen LogP contribution < -0.4 is 20.3 Å². The Hall–Kier alpha value is -3.39. The second kappa shape index (κ2) is 10.2. The van der Waals surface area contributed by atoms with E-state index in [1.807, 2.05) is 63.4 Å². The highest BCUT2D eigenvalue weighted by Crippen LogP contribution is 2.44. The van der Waals surface area contributed by atoms with Gasteiger partial charge in [-0.25, -0.2) is 0 Å². The molecule has 0 radical (unpaired) electrons. The molecular weight excluding hydrogens is 482 g/mol. The van der Waals surface area contributed by atoms with Crippen LogP contribution in [0.1, 0.15) is 75.8 Å². The van der Waals surface area contributed by atoms with Crippen molar-refractivity contribution in [2.75, 3.05) is 17.3 Å². The molecule has 1 aliphatic heterocycles. The molecule has 1 aliphatic carbocycles. The zero-order valence-electron chi connectivity index (χ0n) is 21.9. The minimum Gasteiger partial charge on any atom is -0.494 e. The third-order valence-electron chi connectivity index (χ3n) is 7.32. The van der Waals surface area contributed by atoms with E-state index in [-0.39, 0.29) is 18.0 Å². The second-order valence-corrected chi connectivity index (χ2v) is 11.3. The van der Waals surface area contributed by atoms with Crippen molar-refractivity contribution >= 4 is 34.6 Å². The first-order valence-corrected chi connectivity index (χ1v) is 13.3. The molecule has 7 nitrogen and oxygen atoms in total. The molecule has 0 bridgehead atoms. The maximum absolute atomic E-state index is 12.6. The molecule has 8 heteroatoms. The summed E-state index contributed by atoms with van der Waals surface area (Å²) in [5.74, 6) is 0.514. The summed E-state index contributed by atoms with van der Waals surface area (Å²) in [4.78, 5) is 19.4. The van der Waals surface area contributed by atoms with Gasteiger partial charge in [0.15, 0.2) is 5.11 Å². The highest BCUT2D eigenvalue weighted by atomic mass is 32.1. The number of benzene rings is 1. The van der Waals surface area contributed by atoms with E-state index in [2.05, 4.69) is 43.5 Å². The summed E-state index contributed by atoms with van der Waals surface area (Å²) in [6, 6.07) is 14.3. The molecule has 2 aliphatic rings. The zero-order valence-corrected chi connectivity index (χ0v) is 22.7. The first-order valence-electron chi connectivity index (χ1n) is 12.9. The van der Waals surface area contributed by atoms with Gasteiger partial charge in [-0.05, 0) is 61.0 Å². The number of ether oxygens (including phenoxy) is 1. The Kier molecular flexibility index (Phi) is 6.94. The highest BCUT2D eigenvalue weighted by molar-refractivity contribution is 7.80. The molecule has 37 heavy (non-hydrogen) atoms. The number of nitrogens with zero attached hydrogens (tertiary/aromatic N) is 3. The van der Waals surface area contributed by atoms with Gasteiger partial charge in [0.25, 0.3) is 0 Å². The number of methoxy groups -OCH3 is 1. The maximum Gasteiger partial charge on any atom is 0.229 e. The van der Waals surface area contributed by atoms with Gasteiger partial charge in [0.05, 0.1) is 30.6 Å². The molecule has 0 unspecified atom stereocenters. The van der Waals surface area contributed by atoms with Crippen LogP contribution in [0.25, 0.3) is 0 Å². The summed E-state index contributed by atoms with van der Waals surface area (Å²) in [5, 5.41) is 7.15. The van der Waals surface area contributed by atoms with Crippen molar-refractivity contribution in [1.82, 2.24) is 14.9 Å². The molecule has 5 rings (SSSR count). The zero-order chi connectivity index (χ0) is 26.2. The molecule has 1 saturated heterocycles. The average molecular weight is 518 g/mol. The van der Waals surface area contributed by atoms with Gasteiger partial charge in [-0.2, -0.15) is 0 Å². The van der Waals surface area contributed by atoms with Gasteiger partial charge < -0.3 is 24.8 Å². The normalized spacial score (nSPS) is 20.2. The van der Waals surface area contributed by atoms with Crippen molar-refractivity contribution < 1.29 is 9.53 Å². The molecular formula is C29H35N5O2S. The predicted molar refractivity (Wildman–Crippen MR) is 151 cm³/mol. The molecule has 2 aromatic heterocycles. The molecule has 194 valence electrons. The van der Waals surface area contributed by atoms with Gasteiger partial charge in [-0.15, -0.1) is 0 Å². The van der Waals surface area contributed by atoms with Crippen LogP contribution in [-0.4, -0.2) is 27.7 Å². The van der Waals surface area contributed by atoms with Gasteiger partial charge in [0.1, 0.15) is 5.75 Å². The van der Waals surface area contributed by atoms with Gasteiger partial charge in [-0.1, -0.05) is 39.7 Å². The Labute approximate surface area is 224 Å². The molecule has 2 atom stereocenters. The highest BCUT2D eigenvalue weighted by Gasteiger charge is 2.41. The number of carbonyl (C=O) groups is 1. The number of hydrogen-bond acceptors (Lipinski definition) is 4. The van der Waals surface area contributed by atoms with Crippen LogP contribution in [-0.2, 0) is 4.79 Å². The Morgan fingerprint density at radius 1 is 1.16 bits per heavy atom. The Morgan fingerprint density at radius 3 is 2.62 bits per heavy atom. The van der Waals surface area contributed by atoms with Crippen molar-refractivity contribution in [2.45, 2.75) is 64.6 Å². The number of thiocarbonyl (C=S) groups is 1. The van der Waals surface area contributed by atoms with Gasteiger partial charge in [0.2, 0.25) is 5.91 Å². The first-order chi connectivity index (χ1) is 17.8. The van der Waals surface area contributed by atoms with E-state index in [0.717, 1.165) is 11.4 Å². The molecule has 1 aromatic carbocycles. The fraction of sp³-hybridized carbons (Fsp3) is 0.414. The number of amides is 1. The number of rotatable bonds is 6. The van der Waals surface area contributed by atoms with Crippen LogP contribution in [0.5, 0.6) is 5.75 Å². The van der Waals surface area contributed by atoms with Crippen molar-refractivity contribution in [3.63, 3.8) is 0 Å². The lowest BCUT2D eigenvalue weighted by molar-refractivity contribution is -0.123. The number of nitrogens with one attached hydrogen (secondary N) is 2. The number of anilines is 2. The smallest absolute Gasteiger partial charge is 0.229 e. The summed E-state index contributed by atoms with van der Waals surface area (Å²) in [6.07, 6.45) is 11.3. The van der Waals surface area contributed by atoms with E-state index in [1.54, 1.807) is 7.11 Å². The molecule has 1 saturated carbocycles. The summed E-state index contributed by atoms with van der Waals surface area (Å²) in [5.41, 5.74) is 3.12. The Bertz CT molecular complexity index is 1280. The standard InChI is InChI=1S/C29H35N5O2S/c1-29(2,3)27(35)31-22-13-12-21(17-24(22)36-4)34-26(19-14-16-33(18-19)20-9-5-6-10-20)25(32-28(34)37)23-11-7-8-15-30-23/h7-8,11-18,20,25-26H,5-6,9-10H2,1-4H3,(H,31,35)(H,32,37)/t25-,26+/m1/s1. The van der Waals surface area contributed by atoms with Crippen LogP contribution in [0.4, 0.5) is 11.4 Å². The average Bonchev–Trinajstić information content (AvgIpc) is 3.64. The maximum atomic E-state index is 12.6. The molecule has 0 spiro atoms. The summed E-state index contributed by atoms with van der Waals surface area (Å²) in [6.45, 7) is 5.66. The van der Waals surface area contributed by atoms with E-state index in [1.165, 1.54) is 31.2 Å². The number of hydrogen-bond donors (Lipinski definition) is 2. The molecule has 1 amide bonds. The quantitative estimate of drug-likeness (QED) is 0.381. The van der Waals surface area contributed by atoms with E-state index >= 15 is 0 Å². The molecule has 3 heterocycles. The number of aromatic nitrogens is 2.